The Morgan fingerprint density at radius 3 is 2.43 bits per heavy atom. The Balaban J connectivity index is 3.25. The molecular weight excluding hydrogens is 181 g/mol. The second-order valence-corrected chi connectivity index (χ2v) is 3.38. The van der Waals surface area contributed by atoms with Gasteiger partial charge in [-0.05, 0) is 5.92 Å². The number of ether oxygens (including phenoxy) is 1. The second-order valence-electron chi connectivity index (χ2n) is 3.38. The van der Waals surface area contributed by atoms with Crippen LogP contribution < -0.4 is 10.2 Å². The summed E-state index contributed by atoms with van der Waals surface area (Å²) < 4.78 is 5.14. The lowest BCUT2D eigenvalue weighted by atomic mass is 9.79. The third-order valence-electron chi connectivity index (χ3n) is 2.06. The number of hydrogen-bond donors (Lipinski definition) is 2. The summed E-state index contributed by atoms with van der Waals surface area (Å²) in [6, 6.07) is 0. The van der Waals surface area contributed by atoms with Gasteiger partial charge in [0.15, 0.2) is 0 Å². The van der Waals surface area contributed by atoms with Crippen LogP contribution in [0, 0.1) is 0 Å². The van der Waals surface area contributed by atoms with Crippen LogP contribution in [0.1, 0.15) is 25.3 Å². The summed E-state index contributed by atoms with van der Waals surface area (Å²) >= 11 is 0. The first kappa shape index (κ1) is 11.0. The molecule has 1 aromatic rings. The van der Waals surface area contributed by atoms with Crippen molar-refractivity contribution < 1.29 is 14.8 Å². The van der Waals surface area contributed by atoms with Crippen LogP contribution in [0.25, 0.3) is 0 Å². The average Bonchev–Trinajstić information content (AvgIpc) is 2.16. The molecule has 0 saturated carbocycles. The predicted octanol–water partition coefficient (Wildman–Crippen LogP) is -0.107. The van der Waals surface area contributed by atoms with Gasteiger partial charge in [0.05, 0.1) is 7.11 Å². The summed E-state index contributed by atoms with van der Waals surface area (Å²) in [6.07, 6.45) is 3.07. The molecule has 0 spiro atoms. The number of rotatable bonds is 3. The molecule has 0 aliphatic heterocycles. The zero-order valence-corrected chi connectivity index (χ0v) is 8.56. The first-order chi connectivity index (χ1) is 6.57. The summed E-state index contributed by atoms with van der Waals surface area (Å²) in [5, 5.41) is 18.2. The minimum atomic E-state index is -1.55. The van der Waals surface area contributed by atoms with Crippen molar-refractivity contribution >= 4 is 12.6 Å². The Morgan fingerprint density at radius 2 is 2.00 bits per heavy atom. The fraction of sp³-hybridized carbons (Fsp3) is 0.444. The first-order valence-corrected chi connectivity index (χ1v) is 4.45. The molecule has 0 amide bonds. The minimum Gasteiger partial charge on any atom is -0.497 e. The Bertz CT molecular complexity index is 289. The van der Waals surface area contributed by atoms with Gasteiger partial charge in [-0.2, -0.15) is 0 Å². The monoisotopic (exact) mass is 195 g/mol. The topological polar surface area (TPSA) is 62.6 Å². The fourth-order valence-corrected chi connectivity index (χ4v) is 1.31. The normalized spacial score (nSPS) is 10.4. The molecule has 0 unspecified atom stereocenters. The predicted molar refractivity (Wildman–Crippen MR) is 54.7 cm³/mol. The highest BCUT2D eigenvalue weighted by atomic mass is 16.5. The van der Waals surface area contributed by atoms with Crippen LogP contribution in [0.2, 0.25) is 0 Å². The quantitative estimate of drug-likeness (QED) is 0.660. The van der Waals surface area contributed by atoms with E-state index in [0.717, 1.165) is 5.56 Å². The summed E-state index contributed by atoms with van der Waals surface area (Å²) in [4.78, 5) is 3.94. The molecular formula is C9H14BNO3. The second kappa shape index (κ2) is 4.44. The van der Waals surface area contributed by atoms with Crippen LogP contribution in [0.4, 0.5) is 0 Å². The maximum Gasteiger partial charge on any atom is 0.493 e. The molecule has 0 bridgehead atoms. The van der Waals surface area contributed by atoms with Crippen LogP contribution in [0.15, 0.2) is 12.4 Å². The highest BCUT2D eigenvalue weighted by Crippen LogP contribution is 2.23. The number of methoxy groups -OCH3 is 1. The summed E-state index contributed by atoms with van der Waals surface area (Å²) in [6.45, 7) is 3.99. The summed E-state index contributed by atoms with van der Waals surface area (Å²) in [5.41, 5.74) is 1.18. The van der Waals surface area contributed by atoms with E-state index >= 15 is 0 Å². The van der Waals surface area contributed by atoms with Crippen molar-refractivity contribution in [2.75, 3.05) is 7.11 Å². The SMILES string of the molecule is COc1c(B(O)O)cncc1C(C)C. The first-order valence-electron chi connectivity index (χ1n) is 4.45. The molecule has 0 aliphatic carbocycles. The lowest BCUT2D eigenvalue weighted by Crippen LogP contribution is -2.32. The van der Waals surface area contributed by atoms with Gasteiger partial charge < -0.3 is 14.8 Å². The molecule has 5 heteroatoms. The van der Waals surface area contributed by atoms with Crippen molar-refractivity contribution in [3.8, 4) is 5.75 Å². The third-order valence-corrected chi connectivity index (χ3v) is 2.06. The summed E-state index contributed by atoms with van der Waals surface area (Å²) in [7, 11) is -0.0382. The van der Waals surface area contributed by atoms with E-state index in [1.807, 2.05) is 13.8 Å². The minimum absolute atomic E-state index is 0.233. The standard InChI is InChI=1S/C9H14BNO3/c1-6(2)7-4-11-5-8(10(12)13)9(7)14-3/h4-6,12-13H,1-3H3. The van der Waals surface area contributed by atoms with Gasteiger partial charge in [0, 0.05) is 23.4 Å². The van der Waals surface area contributed by atoms with Gasteiger partial charge in [-0.15, -0.1) is 0 Å². The Kier molecular flexibility index (Phi) is 3.49. The van der Waals surface area contributed by atoms with Gasteiger partial charge in [0.25, 0.3) is 0 Å². The fourth-order valence-electron chi connectivity index (χ4n) is 1.31. The molecule has 1 heterocycles. The third kappa shape index (κ3) is 2.05. The molecule has 76 valence electrons. The zero-order valence-electron chi connectivity index (χ0n) is 8.56. The molecule has 1 aromatic heterocycles. The van der Waals surface area contributed by atoms with Gasteiger partial charge in [0.1, 0.15) is 5.75 Å². The largest absolute Gasteiger partial charge is 0.497 e. The van der Waals surface area contributed by atoms with E-state index in [1.54, 1.807) is 6.20 Å². The molecule has 14 heavy (non-hydrogen) atoms. The molecule has 0 saturated heterocycles. The number of aromatic nitrogens is 1. The number of hydrogen-bond acceptors (Lipinski definition) is 4. The molecule has 0 aliphatic rings. The van der Waals surface area contributed by atoms with Crippen LogP contribution >= 0.6 is 0 Å². The summed E-state index contributed by atoms with van der Waals surface area (Å²) in [5.74, 6) is 0.737. The van der Waals surface area contributed by atoms with Gasteiger partial charge in [-0.1, -0.05) is 13.8 Å². The van der Waals surface area contributed by atoms with E-state index in [1.165, 1.54) is 13.3 Å². The molecule has 0 radical (unpaired) electrons. The Hall–Kier alpha value is -1.07. The number of pyridine rings is 1. The molecule has 1 rings (SSSR count). The van der Waals surface area contributed by atoms with Crippen LogP contribution in [-0.4, -0.2) is 29.3 Å². The molecule has 0 aromatic carbocycles. The van der Waals surface area contributed by atoms with Crippen LogP contribution in [0.5, 0.6) is 5.75 Å². The van der Waals surface area contributed by atoms with E-state index in [2.05, 4.69) is 4.98 Å². The van der Waals surface area contributed by atoms with E-state index in [4.69, 9.17) is 14.8 Å². The van der Waals surface area contributed by atoms with E-state index < -0.39 is 7.12 Å². The van der Waals surface area contributed by atoms with Crippen molar-refractivity contribution in [3.05, 3.63) is 18.0 Å². The van der Waals surface area contributed by atoms with Gasteiger partial charge >= 0.3 is 7.12 Å². The molecule has 0 atom stereocenters. The average molecular weight is 195 g/mol. The Labute approximate surface area is 83.7 Å². The van der Waals surface area contributed by atoms with Crippen molar-refractivity contribution in [2.24, 2.45) is 0 Å². The number of nitrogens with zero attached hydrogens (tertiary/aromatic N) is 1. The highest BCUT2D eigenvalue weighted by Gasteiger charge is 2.21. The van der Waals surface area contributed by atoms with Crippen LogP contribution in [-0.2, 0) is 0 Å². The van der Waals surface area contributed by atoms with Crippen molar-refractivity contribution in [2.45, 2.75) is 19.8 Å². The Morgan fingerprint density at radius 1 is 1.36 bits per heavy atom. The maximum absolute atomic E-state index is 9.08. The lowest BCUT2D eigenvalue weighted by molar-refractivity contribution is 0.397. The van der Waals surface area contributed by atoms with Crippen molar-refractivity contribution in [3.63, 3.8) is 0 Å². The molecule has 4 nitrogen and oxygen atoms in total. The lowest BCUT2D eigenvalue weighted by Gasteiger charge is -2.14. The van der Waals surface area contributed by atoms with E-state index in [9.17, 15) is 0 Å². The van der Waals surface area contributed by atoms with E-state index in [-0.39, 0.29) is 5.92 Å². The van der Waals surface area contributed by atoms with Gasteiger partial charge in [-0.25, -0.2) is 0 Å². The van der Waals surface area contributed by atoms with Gasteiger partial charge in [-0.3, -0.25) is 4.98 Å². The smallest absolute Gasteiger partial charge is 0.493 e. The van der Waals surface area contributed by atoms with Crippen LogP contribution in [0.3, 0.4) is 0 Å². The van der Waals surface area contributed by atoms with Gasteiger partial charge in [0.2, 0.25) is 0 Å². The zero-order chi connectivity index (χ0) is 10.7. The highest BCUT2D eigenvalue weighted by molar-refractivity contribution is 6.59. The molecule has 0 fully saturated rings. The van der Waals surface area contributed by atoms with Crippen molar-refractivity contribution in [1.82, 2.24) is 4.98 Å². The molecule has 2 N–H and O–H groups in total. The van der Waals surface area contributed by atoms with E-state index in [0.29, 0.717) is 11.2 Å². The maximum atomic E-state index is 9.08. The van der Waals surface area contributed by atoms with Crippen molar-refractivity contribution in [1.29, 1.82) is 0 Å².